The molecule has 2 rings (SSSR count). The van der Waals surface area contributed by atoms with Gasteiger partial charge in [0.15, 0.2) is 0 Å². The van der Waals surface area contributed by atoms with Crippen molar-refractivity contribution in [2.45, 2.75) is 45.1 Å². The monoisotopic (exact) mass is 295 g/mol. The van der Waals surface area contributed by atoms with Gasteiger partial charge in [-0.25, -0.2) is 0 Å². The number of halogens is 1. The van der Waals surface area contributed by atoms with Crippen molar-refractivity contribution in [2.24, 2.45) is 5.92 Å². The Kier molecular flexibility index (Phi) is 4.63. The number of hydrogen-bond donors (Lipinski definition) is 1. The lowest BCUT2D eigenvalue weighted by atomic mass is 9.91. The van der Waals surface area contributed by atoms with Gasteiger partial charge in [0, 0.05) is 10.5 Å². The Bertz CT molecular complexity index is 369. The molecular weight excluding hydrogens is 274 g/mol. The standard InChI is InChI=1S/C15H22BrN/c1-11-7-8-13(16)10-14(11)15(17-2)9-12-5-3-4-6-12/h7-8,10,12,15,17H,3-6,9H2,1-2H3. The first-order valence-corrected chi connectivity index (χ1v) is 7.43. The number of aryl methyl sites for hydroxylation is 1. The SMILES string of the molecule is CNC(CC1CCCC1)c1cc(Br)ccc1C. The molecule has 0 spiro atoms. The minimum Gasteiger partial charge on any atom is -0.313 e. The van der Waals surface area contributed by atoms with Gasteiger partial charge >= 0.3 is 0 Å². The highest BCUT2D eigenvalue weighted by atomic mass is 79.9. The second-order valence-corrected chi connectivity index (χ2v) is 6.14. The summed E-state index contributed by atoms with van der Waals surface area (Å²) >= 11 is 3.58. The smallest absolute Gasteiger partial charge is 0.0323 e. The summed E-state index contributed by atoms with van der Waals surface area (Å²) in [6.45, 7) is 2.21. The van der Waals surface area contributed by atoms with Crippen molar-refractivity contribution >= 4 is 15.9 Å². The first-order chi connectivity index (χ1) is 8.20. The number of hydrogen-bond acceptors (Lipinski definition) is 1. The molecule has 0 amide bonds. The average Bonchev–Trinajstić information content (AvgIpc) is 2.82. The maximum Gasteiger partial charge on any atom is 0.0323 e. The molecule has 1 saturated carbocycles. The fourth-order valence-electron chi connectivity index (χ4n) is 2.97. The molecule has 1 fully saturated rings. The number of benzene rings is 1. The van der Waals surface area contributed by atoms with E-state index in [1.807, 2.05) is 0 Å². The van der Waals surface area contributed by atoms with Crippen LogP contribution < -0.4 is 5.32 Å². The second-order valence-electron chi connectivity index (χ2n) is 5.23. The predicted octanol–water partition coefficient (Wildman–Crippen LogP) is 4.60. The average molecular weight is 296 g/mol. The minimum absolute atomic E-state index is 0.510. The van der Waals surface area contributed by atoms with Crippen LogP contribution in [0.15, 0.2) is 22.7 Å². The van der Waals surface area contributed by atoms with Crippen molar-refractivity contribution < 1.29 is 0 Å². The van der Waals surface area contributed by atoms with Gasteiger partial charge in [0.25, 0.3) is 0 Å². The van der Waals surface area contributed by atoms with E-state index in [9.17, 15) is 0 Å². The van der Waals surface area contributed by atoms with E-state index in [-0.39, 0.29) is 0 Å². The molecule has 1 unspecified atom stereocenters. The number of rotatable bonds is 4. The zero-order chi connectivity index (χ0) is 12.3. The molecule has 0 saturated heterocycles. The van der Waals surface area contributed by atoms with Gasteiger partial charge in [-0.1, -0.05) is 47.7 Å². The van der Waals surface area contributed by atoms with Gasteiger partial charge in [0.1, 0.15) is 0 Å². The lowest BCUT2D eigenvalue weighted by Crippen LogP contribution is -2.20. The van der Waals surface area contributed by atoms with Gasteiger partial charge in [-0.2, -0.15) is 0 Å². The van der Waals surface area contributed by atoms with Crippen molar-refractivity contribution in [1.82, 2.24) is 5.32 Å². The topological polar surface area (TPSA) is 12.0 Å². The third-order valence-electron chi connectivity index (χ3n) is 4.01. The van der Waals surface area contributed by atoms with Crippen molar-refractivity contribution in [3.05, 3.63) is 33.8 Å². The summed E-state index contributed by atoms with van der Waals surface area (Å²) in [7, 11) is 2.08. The van der Waals surface area contributed by atoms with E-state index in [0.29, 0.717) is 6.04 Å². The van der Waals surface area contributed by atoms with Crippen molar-refractivity contribution in [1.29, 1.82) is 0 Å². The summed E-state index contributed by atoms with van der Waals surface area (Å²) in [5, 5.41) is 3.49. The molecule has 1 aromatic carbocycles. The van der Waals surface area contributed by atoms with Gasteiger partial charge in [0.05, 0.1) is 0 Å². The Morgan fingerprint density at radius 3 is 2.71 bits per heavy atom. The highest BCUT2D eigenvalue weighted by Crippen LogP contribution is 2.34. The predicted molar refractivity (Wildman–Crippen MR) is 77.3 cm³/mol. The summed E-state index contributed by atoms with van der Waals surface area (Å²) in [6, 6.07) is 7.11. The number of nitrogens with one attached hydrogen (secondary N) is 1. The highest BCUT2D eigenvalue weighted by Gasteiger charge is 2.21. The molecule has 0 heterocycles. The van der Waals surface area contributed by atoms with E-state index in [1.165, 1.54) is 47.7 Å². The molecule has 2 heteroatoms. The second kappa shape index (κ2) is 6.01. The molecule has 1 nitrogen and oxygen atoms in total. The summed E-state index contributed by atoms with van der Waals surface area (Å²) < 4.78 is 1.18. The fourth-order valence-corrected chi connectivity index (χ4v) is 3.35. The molecule has 0 bridgehead atoms. The van der Waals surface area contributed by atoms with Crippen LogP contribution in [0.5, 0.6) is 0 Å². The highest BCUT2D eigenvalue weighted by molar-refractivity contribution is 9.10. The molecule has 17 heavy (non-hydrogen) atoms. The molecule has 1 N–H and O–H groups in total. The molecule has 1 aliphatic rings. The van der Waals surface area contributed by atoms with Crippen molar-refractivity contribution in [2.75, 3.05) is 7.05 Å². The zero-order valence-corrected chi connectivity index (χ0v) is 12.4. The lowest BCUT2D eigenvalue weighted by molar-refractivity contribution is 0.412. The van der Waals surface area contributed by atoms with E-state index in [1.54, 1.807) is 0 Å². The van der Waals surface area contributed by atoms with Crippen LogP contribution in [-0.2, 0) is 0 Å². The van der Waals surface area contributed by atoms with Gasteiger partial charge in [0.2, 0.25) is 0 Å². The zero-order valence-electron chi connectivity index (χ0n) is 10.8. The first-order valence-electron chi connectivity index (χ1n) is 6.64. The van der Waals surface area contributed by atoms with Crippen LogP contribution in [-0.4, -0.2) is 7.05 Å². The Balaban J connectivity index is 2.13. The molecule has 0 aromatic heterocycles. The van der Waals surface area contributed by atoms with E-state index in [0.717, 1.165) is 5.92 Å². The van der Waals surface area contributed by atoms with Gasteiger partial charge in [-0.15, -0.1) is 0 Å². The van der Waals surface area contributed by atoms with Crippen LogP contribution in [0, 0.1) is 12.8 Å². The first kappa shape index (κ1) is 13.1. The van der Waals surface area contributed by atoms with Crippen LogP contribution in [0.1, 0.15) is 49.3 Å². The Morgan fingerprint density at radius 2 is 2.06 bits per heavy atom. The van der Waals surface area contributed by atoms with Crippen molar-refractivity contribution in [3.8, 4) is 0 Å². The summed E-state index contributed by atoms with van der Waals surface area (Å²) in [6.07, 6.45) is 6.99. The Morgan fingerprint density at radius 1 is 1.35 bits per heavy atom. The van der Waals surface area contributed by atoms with Gasteiger partial charge in [-0.3, -0.25) is 0 Å². The molecule has 1 aliphatic carbocycles. The largest absolute Gasteiger partial charge is 0.313 e. The van der Waals surface area contributed by atoms with E-state index < -0.39 is 0 Å². The fraction of sp³-hybridized carbons (Fsp3) is 0.600. The molecule has 1 atom stereocenters. The van der Waals surface area contributed by atoms with Crippen molar-refractivity contribution in [3.63, 3.8) is 0 Å². The third-order valence-corrected chi connectivity index (χ3v) is 4.50. The van der Waals surface area contributed by atoms with E-state index >= 15 is 0 Å². The van der Waals surface area contributed by atoms with Crippen LogP contribution >= 0.6 is 15.9 Å². The normalized spacial score (nSPS) is 18.5. The molecule has 1 aromatic rings. The summed E-state index contributed by atoms with van der Waals surface area (Å²) in [5.41, 5.74) is 2.85. The maximum absolute atomic E-state index is 3.58. The maximum atomic E-state index is 3.58. The lowest BCUT2D eigenvalue weighted by Gasteiger charge is -2.22. The minimum atomic E-state index is 0.510. The van der Waals surface area contributed by atoms with Crippen LogP contribution in [0.4, 0.5) is 0 Å². The molecular formula is C15H22BrN. The van der Waals surface area contributed by atoms with Crippen LogP contribution in [0.25, 0.3) is 0 Å². The van der Waals surface area contributed by atoms with Crippen LogP contribution in [0.2, 0.25) is 0 Å². The summed E-state index contributed by atoms with van der Waals surface area (Å²) in [4.78, 5) is 0. The summed E-state index contributed by atoms with van der Waals surface area (Å²) in [5.74, 6) is 0.922. The van der Waals surface area contributed by atoms with E-state index in [4.69, 9.17) is 0 Å². The van der Waals surface area contributed by atoms with Gasteiger partial charge in [-0.05, 0) is 49.6 Å². The quantitative estimate of drug-likeness (QED) is 0.856. The third kappa shape index (κ3) is 3.32. The van der Waals surface area contributed by atoms with E-state index in [2.05, 4.69) is 53.4 Å². The van der Waals surface area contributed by atoms with Crippen LogP contribution in [0.3, 0.4) is 0 Å². The molecule has 94 valence electrons. The molecule has 0 aliphatic heterocycles. The Labute approximate surface area is 113 Å². The Hall–Kier alpha value is -0.340. The van der Waals surface area contributed by atoms with Gasteiger partial charge < -0.3 is 5.32 Å². The molecule has 0 radical (unpaired) electrons.